The molecule has 0 amide bonds. The molecule has 1 aliphatic heterocycles. The van der Waals surface area contributed by atoms with E-state index in [2.05, 4.69) is 17.1 Å². The summed E-state index contributed by atoms with van der Waals surface area (Å²) in [5.74, 6) is 1.01. The van der Waals surface area contributed by atoms with Crippen molar-refractivity contribution in [2.75, 3.05) is 13.1 Å². The number of nitrogens with one attached hydrogen (secondary N) is 1. The van der Waals surface area contributed by atoms with E-state index in [4.69, 9.17) is 0 Å². The molecule has 0 aromatic rings. The Bertz CT molecular complexity index is 251. The zero-order chi connectivity index (χ0) is 12.4. The number of piperazine rings is 1. The van der Waals surface area contributed by atoms with E-state index in [1.54, 1.807) is 0 Å². The monoisotopic (exact) mass is 250 g/mol. The van der Waals surface area contributed by atoms with E-state index in [1.165, 1.54) is 70.9 Å². The highest BCUT2D eigenvalue weighted by Crippen LogP contribution is 2.36. The van der Waals surface area contributed by atoms with Crippen LogP contribution >= 0.6 is 0 Å². The van der Waals surface area contributed by atoms with Crippen LogP contribution in [0.25, 0.3) is 0 Å². The normalized spacial score (nSPS) is 35.8. The van der Waals surface area contributed by atoms with Crippen molar-refractivity contribution in [3.05, 3.63) is 0 Å². The van der Waals surface area contributed by atoms with Gasteiger partial charge in [0.05, 0.1) is 0 Å². The lowest BCUT2D eigenvalue weighted by Gasteiger charge is -2.46. The van der Waals surface area contributed by atoms with Gasteiger partial charge in [-0.1, -0.05) is 32.6 Å². The Morgan fingerprint density at radius 2 is 1.83 bits per heavy atom. The topological polar surface area (TPSA) is 15.3 Å². The molecule has 0 aromatic heterocycles. The number of hydrogen-bond acceptors (Lipinski definition) is 2. The minimum Gasteiger partial charge on any atom is -0.311 e. The van der Waals surface area contributed by atoms with Gasteiger partial charge in [0.1, 0.15) is 0 Å². The van der Waals surface area contributed by atoms with Crippen LogP contribution in [-0.2, 0) is 0 Å². The van der Waals surface area contributed by atoms with Crippen molar-refractivity contribution in [2.45, 2.75) is 82.8 Å². The fraction of sp³-hybridized carbons (Fsp3) is 1.00. The van der Waals surface area contributed by atoms with Gasteiger partial charge in [-0.3, -0.25) is 4.90 Å². The predicted molar refractivity (Wildman–Crippen MR) is 76.8 cm³/mol. The van der Waals surface area contributed by atoms with Crippen molar-refractivity contribution in [3.8, 4) is 0 Å². The van der Waals surface area contributed by atoms with Gasteiger partial charge in [-0.05, 0) is 38.0 Å². The second kappa shape index (κ2) is 5.92. The second-order valence-corrected chi connectivity index (χ2v) is 6.78. The minimum atomic E-state index is 0.819. The third-order valence-corrected chi connectivity index (χ3v) is 5.35. The summed E-state index contributed by atoms with van der Waals surface area (Å²) in [7, 11) is 0. The Hall–Kier alpha value is -0.0800. The summed E-state index contributed by atoms with van der Waals surface area (Å²) in [6.45, 7) is 4.94. The lowest BCUT2D eigenvalue weighted by molar-refractivity contribution is 0.0524. The molecule has 1 heterocycles. The third kappa shape index (κ3) is 2.91. The van der Waals surface area contributed by atoms with E-state index in [0.717, 1.165) is 24.0 Å². The van der Waals surface area contributed by atoms with Crippen LogP contribution in [-0.4, -0.2) is 36.1 Å². The Labute approximate surface area is 113 Å². The molecule has 0 radical (unpaired) electrons. The maximum Gasteiger partial charge on any atom is 0.0224 e. The van der Waals surface area contributed by atoms with Crippen LogP contribution in [0, 0.1) is 5.92 Å². The standard InChI is InChI=1S/C16H30N2/c1-2-6-15-11-17-16(13-9-10-13)12-18(15)14-7-4-3-5-8-14/h13-17H,2-12H2,1H3. The van der Waals surface area contributed by atoms with Crippen molar-refractivity contribution >= 4 is 0 Å². The average molecular weight is 250 g/mol. The molecule has 1 saturated heterocycles. The largest absolute Gasteiger partial charge is 0.311 e. The SMILES string of the molecule is CCCC1CNC(C2CC2)CN1C1CCCCC1. The van der Waals surface area contributed by atoms with Crippen LogP contribution in [0.1, 0.15) is 64.7 Å². The first-order valence-electron chi connectivity index (χ1n) is 8.37. The number of rotatable bonds is 4. The molecule has 0 spiro atoms. The van der Waals surface area contributed by atoms with Gasteiger partial charge in [0.25, 0.3) is 0 Å². The van der Waals surface area contributed by atoms with E-state index < -0.39 is 0 Å². The molecule has 3 rings (SSSR count). The molecule has 2 saturated carbocycles. The van der Waals surface area contributed by atoms with Gasteiger partial charge >= 0.3 is 0 Å². The molecule has 2 heteroatoms. The van der Waals surface area contributed by atoms with Gasteiger partial charge in [0.2, 0.25) is 0 Å². The zero-order valence-corrected chi connectivity index (χ0v) is 12.0. The third-order valence-electron chi connectivity index (χ3n) is 5.35. The molecule has 2 atom stereocenters. The quantitative estimate of drug-likeness (QED) is 0.824. The summed E-state index contributed by atoms with van der Waals surface area (Å²) in [5, 5.41) is 3.84. The van der Waals surface area contributed by atoms with Crippen LogP contribution < -0.4 is 5.32 Å². The van der Waals surface area contributed by atoms with E-state index in [1.807, 2.05) is 0 Å². The van der Waals surface area contributed by atoms with Crippen LogP contribution in [0.15, 0.2) is 0 Å². The zero-order valence-electron chi connectivity index (χ0n) is 12.0. The van der Waals surface area contributed by atoms with E-state index in [9.17, 15) is 0 Å². The van der Waals surface area contributed by atoms with Crippen LogP contribution in [0.3, 0.4) is 0 Å². The first-order chi connectivity index (χ1) is 8.88. The summed E-state index contributed by atoms with van der Waals surface area (Å²) >= 11 is 0. The van der Waals surface area contributed by atoms with Crippen molar-refractivity contribution in [1.29, 1.82) is 0 Å². The number of nitrogens with zero attached hydrogens (tertiary/aromatic N) is 1. The van der Waals surface area contributed by atoms with Gasteiger partial charge < -0.3 is 5.32 Å². The molecule has 3 fully saturated rings. The molecule has 1 N–H and O–H groups in total. The second-order valence-electron chi connectivity index (χ2n) is 6.78. The Morgan fingerprint density at radius 1 is 1.06 bits per heavy atom. The van der Waals surface area contributed by atoms with Crippen molar-refractivity contribution in [1.82, 2.24) is 10.2 Å². The smallest absolute Gasteiger partial charge is 0.0224 e. The predicted octanol–water partition coefficient (Wildman–Crippen LogP) is 3.17. The molecular weight excluding hydrogens is 220 g/mol. The fourth-order valence-electron chi connectivity index (χ4n) is 4.12. The molecular formula is C16H30N2. The first kappa shape index (κ1) is 12.9. The lowest BCUT2D eigenvalue weighted by atomic mass is 9.90. The molecule has 3 aliphatic rings. The summed E-state index contributed by atoms with van der Waals surface area (Å²) in [6, 6.07) is 2.56. The molecule has 2 unspecified atom stereocenters. The minimum absolute atomic E-state index is 0.819. The Morgan fingerprint density at radius 3 is 2.50 bits per heavy atom. The first-order valence-corrected chi connectivity index (χ1v) is 8.37. The molecule has 0 bridgehead atoms. The Balaban J connectivity index is 1.63. The molecule has 104 valence electrons. The van der Waals surface area contributed by atoms with Gasteiger partial charge in [0.15, 0.2) is 0 Å². The summed E-state index contributed by atoms with van der Waals surface area (Å²) in [5.41, 5.74) is 0. The Kier molecular flexibility index (Phi) is 4.25. The van der Waals surface area contributed by atoms with E-state index >= 15 is 0 Å². The van der Waals surface area contributed by atoms with Gasteiger partial charge in [-0.25, -0.2) is 0 Å². The summed E-state index contributed by atoms with van der Waals surface area (Å²) in [4.78, 5) is 2.92. The number of hydrogen-bond donors (Lipinski definition) is 1. The molecule has 2 nitrogen and oxygen atoms in total. The van der Waals surface area contributed by atoms with Crippen molar-refractivity contribution in [2.24, 2.45) is 5.92 Å². The molecule has 0 aromatic carbocycles. The van der Waals surface area contributed by atoms with Crippen LogP contribution in [0.4, 0.5) is 0 Å². The summed E-state index contributed by atoms with van der Waals surface area (Å²) in [6.07, 6.45) is 13.1. The maximum absolute atomic E-state index is 3.84. The highest BCUT2D eigenvalue weighted by molar-refractivity contribution is 4.96. The fourth-order valence-corrected chi connectivity index (χ4v) is 4.12. The lowest BCUT2D eigenvalue weighted by Crippen LogP contribution is -2.60. The summed E-state index contributed by atoms with van der Waals surface area (Å²) < 4.78 is 0. The molecule has 18 heavy (non-hydrogen) atoms. The highest BCUT2D eigenvalue weighted by atomic mass is 15.3. The van der Waals surface area contributed by atoms with Crippen molar-refractivity contribution < 1.29 is 0 Å². The van der Waals surface area contributed by atoms with Crippen LogP contribution in [0.2, 0.25) is 0 Å². The van der Waals surface area contributed by atoms with Crippen molar-refractivity contribution in [3.63, 3.8) is 0 Å². The van der Waals surface area contributed by atoms with E-state index in [0.29, 0.717) is 0 Å². The average Bonchev–Trinajstić information content (AvgIpc) is 3.25. The molecule has 2 aliphatic carbocycles. The highest BCUT2D eigenvalue weighted by Gasteiger charge is 2.39. The van der Waals surface area contributed by atoms with Crippen LogP contribution in [0.5, 0.6) is 0 Å². The van der Waals surface area contributed by atoms with Gasteiger partial charge in [0, 0.05) is 31.2 Å². The maximum atomic E-state index is 3.84. The van der Waals surface area contributed by atoms with Gasteiger partial charge in [-0.2, -0.15) is 0 Å². The van der Waals surface area contributed by atoms with Gasteiger partial charge in [-0.15, -0.1) is 0 Å². The van der Waals surface area contributed by atoms with E-state index in [-0.39, 0.29) is 0 Å².